The maximum atomic E-state index is 8.88. The van der Waals surface area contributed by atoms with Crippen LogP contribution in [0.15, 0.2) is 0 Å². The molecule has 0 rings (SSSR count). The van der Waals surface area contributed by atoms with Gasteiger partial charge in [-0.1, -0.05) is 27.7 Å². The van der Waals surface area contributed by atoms with E-state index in [4.69, 9.17) is 9.53 Å². The van der Waals surface area contributed by atoms with Crippen molar-refractivity contribution < 1.29 is 9.53 Å². The van der Waals surface area contributed by atoms with E-state index in [9.17, 15) is 0 Å². The molecule has 0 aromatic carbocycles. The Morgan fingerprint density at radius 2 is 1.75 bits per heavy atom. The van der Waals surface area contributed by atoms with Crippen LogP contribution in [0.3, 0.4) is 0 Å². The van der Waals surface area contributed by atoms with E-state index < -0.39 is 8.32 Å². The van der Waals surface area contributed by atoms with Gasteiger partial charge < -0.3 is 9.53 Å². The first-order valence-electron chi connectivity index (χ1n) is 6.21. The van der Waals surface area contributed by atoms with E-state index in [1.165, 1.54) is 0 Å². The third-order valence-electron chi connectivity index (χ3n) is 3.54. The zero-order valence-corrected chi connectivity index (χ0v) is 12.8. The smallest absolute Gasteiger partial charge is 0.192 e. The molecule has 0 fully saturated rings. The summed E-state index contributed by atoms with van der Waals surface area (Å²) in [5.74, 6) is 0. The van der Waals surface area contributed by atoms with Crippen molar-refractivity contribution in [2.75, 3.05) is 32.8 Å². The maximum Gasteiger partial charge on any atom is 0.192 e. The van der Waals surface area contributed by atoms with Crippen molar-refractivity contribution in [3.05, 3.63) is 0 Å². The zero-order chi connectivity index (χ0) is 12.8. The Hall–Kier alpha value is 0.0969. The van der Waals surface area contributed by atoms with Gasteiger partial charge in [-0.2, -0.15) is 0 Å². The van der Waals surface area contributed by atoms with Gasteiger partial charge in [-0.25, -0.2) is 0 Å². The Morgan fingerprint density at radius 3 is 2.12 bits per heavy atom. The van der Waals surface area contributed by atoms with Crippen LogP contribution < -0.4 is 0 Å². The third-order valence-corrected chi connectivity index (χ3v) is 8.08. The van der Waals surface area contributed by atoms with Gasteiger partial charge in [0.2, 0.25) is 0 Å². The van der Waals surface area contributed by atoms with E-state index >= 15 is 0 Å². The number of aliphatic hydroxyl groups excluding tert-OH is 1. The molecule has 0 aromatic rings. The lowest BCUT2D eigenvalue weighted by molar-refractivity contribution is 0.168. The molecule has 0 aliphatic carbocycles. The third kappa shape index (κ3) is 5.43. The van der Waals surface area contributed by atoms with Gasteiger partial charge in [-0.15, -0.1) is 0 Å². The first kappa shape index (κ1) is 16.1. The molecule has 0 aliphatic heterocycles. The van der Waals surface area contributed by atoms with Crippen LogP contribution in [0.1, 0.15) is 27.7 Å². The van der Waals surface area contributed by atoms with Gasteiger partial charge in [-0.3, -0.25) is 4.90 Å². The van der Waals surface area contributed by atoms with E-state index in [1.54, 1.807) is 0 Å². The van der Waals surface area contributed by atoms with Crippen molar-refractivity contribution in [3.8, 4) is 0 Å². The van der Waals surface area contributed by atoms with Crippen LogP contribution in [0.5, 0.6) is 0 Å². The maximum absolute atomic E-state index is 8.88. The van der Waals surface area contributed by atoms with Crippen molar-refractivity contribution in [1.29, 1.82) is 0 Å². The lowest BCUT2D eigenvalue weighted by atomic mass is 10.2. The summed E-state index contributed by atoms with van der Waals surface area (Å²) < 4.78 is 6.09. The second kappa shape index (κ2) is 6.74. The average Bonchev–Trinajstić information content (AvgIpc) is 2.14. The number of aliphatic hydroxyl groups is 1. The Bertz CT molecular complexity index is 190. The van der Waals surface area contributed by atoms with Gasteiger partial charge in [0.25, 0.3) is 0 Å². The molecule has 0 atom stereocenters. The monoisotopic (exact) mass is 251 g/mol. The van der Waals surface area contributed by atoms with E-state index in [0.29, 0.717) is 0 Å². The molecule has 0 spiro atoms. The molecule has 3 nitrogen and oxygen atoms in total. The minimum atomic E-state index is -1.60. The summed E-state index contributed by atoms with van der Waals surface area (Å²) in [7, 11) is -1.60. The number of likely N-dealkylation sites (N-methyl/N-ethyl adjacent to an activating group) is 1. The molecule has 0 saturated heterocycles. The molecular weight excluding hydrogens is 222 g/mol. The van der Waals surface area contributed by atoms with E-state index in [2.05, 4.69) is 45.7 Å². The lowest BCUT2D eigenvalue weighted by Crippen LogP contribution is -2.43. The summed E-state index contributed by atoms with van der Waals surface area (Å²) in [5.41, 5.74) is 0. The minimum Gasteiger partial charge on any atom is -0.416 e. The normalized spacial score (nSPS) is 13.5. The molecule has 4 heteroatoms. The van der Waals surface area contributed by atoms with Crippen molar-refractivity contribution in [1.82, 2.24) is 4.90 Å². The van der Waals surface area contributed by atoms with Crippen LogP contribution in [0.4, 0.5) is 0 Å². The van der Waals surface area contributed by atoms with Gasteiger partial charge in [0.15, 0.2) is 8.32 Å². The SMILES string of the molecule is CCN([13CH2][13CH2]O)[13CH2][13CH2]O[Si](C)(C)C(C)(C)C. The van der Waals surface area contributed by atoms with Gasteiger partial charge in [-0.05, 0) is 24.7 Å². The van der Waals surface area contributed by atoms with Crippen LogP contribution in [-0.4, -0.2) is 51.2 Å². The summed E-state index contributed by atoms with van der Waals surface area (Å²) in [6, 6.07) is 0. The fourth-order valence-corrected chi connectivity index (χ4v) is 2.25. The fraction of sp³-hybridized carbons (Fsp3) is 1.00. The van der Waals surface area contributed by atoms with Crippen LogP contribution in [0.25, 0.3) is 0 Å². The molecule has 0 amide bonds. The lowest BCUT2D eigenvalue weighted by Gasteiger charge is -2.36. The summed E-state index contributed by atoms with van der Waals surface area (Å²) in [6.45, 7) is 17.1. The van der Waals surface area contributed by atoms with E-state index in [-0.39, 0.29) is 11.6 Å². The molecule has 0 saturated carbocycles. The summed E-state index contributed by atoms with van der Waals surface area (Å²) in [6.07, 6.45) is 0. The Balaban J connectivity index is 3.97. The van der Waals surface area contributed by atoms with Crippen molar-refractivity contribution >= 4 is 8.32 Å². The quantitative estimate of drug-likeness (QED) is 0.557. The van der Waals surface area contributed by atoms with Gasteiger partial charge >= 0.3 is 0 Å². The van der Waals surface area contributed by atoms with E-state index in [1.807, 2.05) is 0 Å². The van der Waals surface area contributed by atoms with Gasteiger partial charge in [0.1, 0.15) is 0 Å². The average molecular weight is 251 g/mol. The molecule has 0 aromatic heterocycles. The highest BCUT2D eigenvalue weighted by molar-refractivity contribution is 6.74. The topological polar surface area (TPSA) is 32.7 Å². The van der Waals surface area contributed by atoms with Crippen LogP contribution in [0, 0.1) is 0 Å². The minimum absolute atomic E-state index is 0.230. The molecule has 0 bridgehead atoms. The second-order valence-corrected chi connectivity index (χ2v) is 10.6. The van der Waals surface area contributed by atoms with Crippen LogP contribution in [0.2, 0.25) is 18.1 Å². The molecule has 0 unspecified atom stereocenters. The molecule has 98 valence electrons. The highest BCUT2D eigenvalue weighted by Gasteiger charge is 2.36. The summed E-state index contributed by atoms with van der Waals surface area (Å²) in [4.78, 5) is 2.22. The Morgan fingerprint density at radius 1 is 1.19 bits per heavy atom. The first-order valence-corrected chi connectivity index (χ1v) is 9.12. The number of nitrogens with zero attached hydrogens (tertiary/aromatic N) is 1. The second-order valence-electron chi connectivity index (χ2n) is 5.77. The summed E-state index contributed by atoms with van der Waals surface area (Å²) in [5, 5.41) is 9.16. The standard InChI is InChI=1S/C12H29NO2Si/c1-7-13(8-10-14)9-11-15-16(5,6)12(2,3)4/h14H,7-11H2,1-6H3/i8+1,9+1,10+1,11+1. The van der Waals surface area contributed by atoms with Crippen molar-refractivity contribution in [2.24, 2.45) is 0 Å². The van der Waals surface area contributed by atoms with Crippen molar-refractivity contribution in [2.45, 2.75) is 45.8 Å². The fourth-order valence-electron chi connectivity index (χ4n) is 1.22. The predicted molar refractivity (Wildman–Crippen MR) is 72.3 cm³/mol. The predicted octanol–water partition coefficient (Wildman–Crippen LogP) is 2.32. The molecular formula is C12H29NO2Si. The molecule has 0 heterocycles. The molecule has 0 radical (unpaired) electrons. The zero-order valence-electron chi connectivity index (χ0n) is 11.8. The van der Waals surface area contributed by atoms with Gasteiger partial charge in [0.05, 0.1) is 6.61 Å². The van der Waals surface area contributed by atoms with Gasteiger partial charge in [0, 0.05) is 19.7 Å². The highest BCUT2D eigenvalue weighted by Crippen LogP contribution is 2.36. The molecule has 1 N–H and O–H groups in total. The first-order chi connectivity index (χ1) is 7.24. The molecule has 16 heavy (non-hydrogen) atoms. The number of hydrogen-bond donors (Lipinski definition) is 1. The van der Waals surface area contributed by atoms with Crippen LogP contribution >= 0.6 is 0 Å². The van der Waals surface area contributed by atoms with Crippen molar-refractivity contribution in [3.63, 3.8) is 0 Å². The summed E-state index contributed by atoms with van der Waals surface area (Å²) >= 11 is 0. The van der Waals surface area contributed by atoms with E-state index in [0.717, 1.165) is 26.2 Å². The number of hydrogen-bond acceptors (Lipinski definition) is 3. The highest BCUT2D eigenvalue weighted by atomic mass is 28.4. The number of rotatable bonds is 7. The Labute approximate surface area is 102 Å². The Kier molecular flexibility index (Phi) is 6.78. The molecule has 0 aliphatic rings. The largest absolute Gasteiger partial charge is 0.416 e. The van der Waals surface area contributed by atoms with Crippen LogP contribution in [-0.2, 0) is 4.43 Å².